The summed E-state index contributed by atoms with van der Waals surface area (Å²) in [4.78, 5) is 4.76. The van der Waals surface area contributed by atoms with E-state index in [1.807, 2.05) is 12.1 Å². The zero-order valence-corrected chi connectivity index (χ0v) is 12.8. The maximum Gasteiger partial charge on any atom is 0.0642 e. The van der Waals surface area contributed by atoms with Gasteiger partial charge >= 0.3 is 0 Å². The summed E-state index contributed by atoms with van der Waals surface area (Å²) < 4.78 is 0. The predicted molar refractivity (Wildman–Crippen MR) is 90.2 cm³/mol. The highest BCUT2D eigenvalue weighted by atomic mass is 35.5. The van der Waals surface area contributed by atoms with Crippen molar-refractivity contribution < 1.29 is 0 Å². The number of piperazine rings is 1. The van der Waals surface area contributed by atoms with Crippen LogP contribution in [0.4, 0.5) is 11.4 Å². The molecule has 0 atom stereocenters. The van der Waals surface area contributed by atoms with Gasteiger partial charge in [0, 0.05) is 38.4 Å². The molecule has 21 heavy (non-hydrogen) atoms. The lowest BCUT2D eigenvalue weighted by molar-refractivity contribution is 0.651. The fourth-order valence-electron chi connectivity index (χ4n) is 2.91. The van der Waals surface area contributed by atoms with E-state index in [0.717, 1.165) is 42.5 Å². The van der Waals surface area contributed by atoms with Gasteiger partial charge in [0.1, 0.15) is 0 Å². The van der Waals surface area contributed by atoms with Crippen molar-refractivity contribution in [3.8, 4) is 0 Å². The highest BCUT2D eigenvalue weighted by molar-refractivity contribution is 6.33. The SMILES string of the molecule is NCc1cccc(Cl)c1N1CCN(c2ccccc2)CC1. The standard InChI is InChI=1S/C17H20ClN3/c18-16-8-4-5-14(13-19)17(16)21-11-9-20(10-12-21)15-6-2-1-3-7-15/h1-8H,9-13,19H2. The number of hydrogen-bond donors (Lipinski definition) is 1. The van der Waals surface area contributed by atoms with Crippen LogP contribution in [0.15, 0.2) is 48.5 Å². The molecule has 2 aromatic carbocycles. The Morgan fingerprint density at radius 3 is 2.19 bits per heavy atom. The van der Waals surface area contributed by atoms with Crippen LogP contribution in [-0.2, 0) is 6.54 Å². The van der Waals surface area contributed by atoms with E-state index in [9.17, 15) is 0 Å². The first kappa shape index (κ1) is 14.2. The molecule has 0 unspecified atom stereocenters. The number of nitrogens with two attached hydrogens (primary N) is 1. The van der Waals surface area contributed by atoms with Crippen LogP contribution in [0.1, 0.15) is 5.56 Å². The highest BCUT2D eigenvalue weighted by Crippen LogP contribution is 2.31. The zero-order valence-electron chi connectivity index (χ0n) is 12.0. The van der Waals surface area contributed by atoms with Crippen LogP contribution in [0.25, 0.3) is 0 Å². The summed E-state index contributed by atoms with van der Waals surface area (Å²) in [6.45, 7) is 4.45. The monoisotopic (exact) mass is 301 g/mol. The molecule has 3 rings (SSSR count). The van der Waals surface area contributed by atoms with E-state index >= 15 is 0 Å². The van der Waals surface area contributed by atoms with Crippen molar-refractivity contribution in [1.29, 1.82) is 0 Å². The predicted octanol–water partition coefficient (Wildman–Crippen LogP) is 3.13. The number of nitrogens with zero attached hydrogens (tertiary/aromatic N) is 2. The van der Waals surface area contributed by atoms with Crippen molar-refractivity contribution in [2.75, 3.05) is 36.0 Å². The van der Waals surface area contributed by atoms with Gasteiger partial charge in [-0.2, -0.15) is 0 Å². The van der Waals surface area contributed by atoms with Gasteiger partial charge in [-0.1, -0.05) is 41.9 Å². The first-order valence-corrected chi connectivity index (χ1v) is 7.70. The molecule has 1 aliphatic rings. The maximum absolute atomic E-state index is 6.38. The third-order valence-corrected chi connectivity index (χ3v) is 4.31. The molecule has 0 spiro atoms. The van der Waals surface area contributed by atoms with Gasteiger partial charge in [0.15, 0.2) is 0 Å². The normalized spacial score (nSPS) is 15.3. The van der Waals surface area contributed by atoms with Crippen LogP contribution in [0, 0.1) is 0 Å². The van der Waals surface area contributed by atoms with Crippen molar-refractivity contribution in [1.82, 2.24) is 0 Å². The van der Waals surface area contributed by atoms with E-state index in [0.29, 0.717) is 6.54 Å². The van der Waals surface area contributed by atoms with Crippen LogP contribution < -0.4 is 15.5 Å². The molecule has 0 radical (unpaired) electrons. The summed E-state index contributed by atoms with van der Waals surface area (Å²) in [6.07, 6.45) is 0. The average molecular weight is 302 g/mol. The van der Waals surface area contributed by atoms with E-state index in [1.165, 1.54) is 5.69 Å². The van der Waals surface area contributed by atoms with Crippen LogP contribution in [0.2, 0.25) is 5.02 Å². The summed E-state index contributed by atoms with van der Waals surface area (Å²) in [5.41, 5.74) is 9.36. The first-order chi connectivity index (χ1) is 10.3. The molecule has 1 saturated heterocycles. The van der Waals surface area contributed by atoms with E-state index in [-0.39, 0.29) is 0 Å². The summed E-state index contributed by atoms with van der Waals surface area (Å²) in [6, 6.07) is 16.5. The minimum atomic E-state index is 0.523. The van der Waals surface area contributed by atoms with Gasteiger partial charge in [-0.15, -0.1) is 0 Å². The molecular formula is C17H20ClN3. The number of rotatable bonds is 3. The highest BCUT2D eigenvalue weighted by Gasteiger charge is 2.20. The molecule has 110 valence electrons. The van der Waals surface area contributed by atoms with Gasteiger partial charge in [-0.3, -0.25) is 0 Å². The number of para-hydroxylation sites is 2. The Morgan fingerprint density at radius 1 is 0.857 bits per heavy atom. The zero-order chi connectivity index (χ0) is 14.7. The summed E-state index contributed by atoms with van der Waals surface area (Å²) >= 11 is 6.38. The molecule has 4 heteroatoms. The summed E-state index contributed by atoms with van der Waals surface area (Å²) in [5, 5.41) is 0.797. The van der Waals surface area contributed by atoms with E-state index in [4.69, 9.17) is 17.3 Å². The lowest BCUT2D eigenvalue weighted by Crippen LogP contribution is -2.47. The second kappa shape index (κ2) is 6.37. The fraction of sp³-hybridized carbons (Fsp3) is 0.294. The number of benzene rings is 2. The minimum absolute atomic E-state index is 0.523. The van der Waals surface area contributed by atoms with Crippen molar-refractivity contribution in [2.24, 2.45) is 5.73 Å². The molecule has 0 bridgehead atoms. The fourth-order valence-corrected chi connectivity index (χ4v) is 3.22. The van der Waals surface area contributed by atoms with Gasteiger partial charge in [-0.05, 0) is 23.8 Å². The lowest BCUT2D eigenvalue weighted by atomic mass is 10.1. The molecule has 1 aliphatic heterocycles. The molecular weight excluding hydrogens is 282 g/mol. The molecule has 2 N–H and O–H groups in total. The Morgan fingerprint density at radius 2 is 1.52 bits per heavy atom. The van der Waals surface area contributed by atoms with Gasteiger partial charge in [-0.25, -0.2) is 0 Å². The Kier molecular flexibility index (Phi) is 4.32. The van der Waals surface area contributed by atoms with Crippen molar-refractivity contribution >= 4 is 23.0 Å². The molecule has 3 nitrogen and oxygen atoms in total. The van der Waals surface area contributed by atoms with Crippen LogP contribution in [-0.4, -0.2) is 26.2 Å². The van der Waals surface area contributed by atoms with Crippen LogP contribution in [0.3, 0.4) is 0 Å². The van der Waals surface area contributed by atoms with Gasteiger partial charge < -0.3 is 15.5 Å². The van der Waals surface area contributed by atoms with Crippen molar-refractivity contribution in [3.63, 3.8) is 0 Å². The topological polar surface area (TPSA) is 32.5 Å². The summed E-state index contributed by atoms with van der Waals surface area (Å²) in [5.74, 6) is 0. The van der Waals surface area contributed by atoms with Crippen molar-refractivity contribution in [2.45, 2.75) is 6.54 Å². The van der Waals surface area contributed by atoms with E-state index < -0.39 is 0 Å². The number of hydrogen-bond acceptors (Lipinski definition) is 3. The number of anilines is 2. The van der Waals surface area contributed by atoms with Crippen LogP contribution in [0.5, 0.6) is 0 Å². The third kappa shape index (κ3) is 2.99. The molecule has 0 aromatic heterocycles. The van der Waals surface area contributed by atoms with E-state index in [1.54, 1.807) is 0 Å². The first-order valence-electron chi connectivity index (χ1n) is 7.32. The van der Waals surface area contributed by atoms with E-state index in [2.05, 4.69) is 46.2 Å². The summed E-state index contributed by atoms with van der Waals surface area (Å²) in [7, 11) is 0. The van der Waals surface area contributed by atoms with Crippen molar-refractivity contribution in [3.05, 3.63) is 59.1 Å². The molecule has 0 saturated carbocycles. The third-order valence-electron chi connectivity index (χ3n) is 4.01. The Balaban J connectivity index is 1.75. The quantitative estimate of drug-likeness (QED) is 0.945. The average Bonchev–Trinajstić information content (AvgIpc) is 2.55. The maximum atomic E-state index is 6.38. The minimum Gasteiger partial charge on any atom is -0.368 e. The van der Waals surface area contributed by atoms with Crippen LogP contribution >= 0.6 is 11.6 Å². The second-order valence-electron chi connectivity index (χ2n) is 5.26. The molecule has 1 fully saturated rings. The Bertz CT molecular complexity index is 592. The Labute approximate surface area is 130 Å². The number of halogens is 1. The molecule has 1 heterocycles. The smallest absolute Gasteiger partial charge is 0.0642 e. The van der Waals surface area contributed by atoms with Gasteiger partial charge in [0.05, 0.1) is 10.7 Å². The lowest BCUT2D eigenvalue weighted by Gasteiger charge is -2.38. The molecule has 2 aromatic rings. The second-order valence-corrected chi connectivity index (χ2v) is 5.67. The molecule has 0 aliphatic carbocycles. The van der Waals surface area contributed by atoms with Gasteiger partial charge in [0.2, 0.25) is 0 Å². The Hall–Kier alpha value is -1.71. The largest absolute Gasteiger partial charge is 0.368 e. The molecule has 0 amide bonds. The van der Waals surface area contributed by atoms with Gasteiger partial charge in [0.25, 0.3) is 0 Å².